The van der Waals surface area contributed by atoms with E-state index in [0.717, 1.165) is 17.0 Å². The van der Waals surface area contributed by atoms with Gasteiger partial charge in [-0.05, 0) is 25.5 Å². The molecule has 12 heavy (non-hydrogen) atoms. The molecule has 0 aromatic heterocycles. The minimum atomic E-state index is 0.652. The highest BCUT2D eigenvalue weighted by Crippen LogP contribution is 2.27. The van der Waals surface area contributed by atoms with E-state index < -0.39 is 0 Å². The summed E-state index contributed by atoms with van der Waals surface area (Å²) in [5, 5.41) is 0. The second-order valence-electron chi connectivity index (χ2n) is 2.53. The van der Waals surface area contributed by atoms with Crippen molar-refractivity contribution in [3.63, 3.8) is 0 Å². The van der Waals surface area contributed by atoms with Gasteiger partial charge < -0.3 is 10.2 Å². The maximum atomic E-state index is 5.42. The van der Waals surface area contributed by atoms with Gasteiger partial charge >= 0.3 is 0 Å². The van der Waals surface area contributed by atoms with Crippen LogP contribution in [0.1, 0.15) is 12.5 Å². The van der Waals surface area contributed by atoms with E-state index in [9.17, 15) is 0 Å². The molecule has 0 amide bonds. The third-order valence-corrected chi connectivity index (χ3v) is 1.66. The fourth-order valence-electron chi connectivity index (χ4n) is 1.10. The van der Waals surface area contributed by atoms with Gasteiger partial charge in [-0.3, -0.25) is 5.84 Å². The van der Waals surface area contributed by atoms with Gasteiger partial charge in [0.1, 0.15) is 5.75 Å². The van der Waals surface area contributed by atoms with Crippen molar-refractivity contribution in [2.75, 3.05) is 12.0 Å². The topological polar surface area (TPSA) is 47.3 Å². The first kappa shape index (κ1) is 8.87. The molecule has 3 heteroatoms. The number of hydrogen-bond donors (Lipinski definition) is 2. The fourth-order valence-corrected chi connectivity index (χ4v) is 1.10. The summed E-state index contributed by atoms with van der Waals surface area (Å²) in [6.45, 7) is 4.60. The monoisotopic (exact) mass is 166 g/mol. The van der Waals surface area contributed by atoms with Crippen LogP contribution < -0.4 is 16.0 Å². The van der Waals surface area contributed by atoms with Crippen LogP contribution in [0.3, 0.4) is 0 Å². The number of anilines is 1. The van der Waals surface area contributed by atoms with E-state index in [1.807, 2.05) is 32.0 Å². The molecular formula is C9H14N2O. The fraction of sp³-hybridized carbons (Fsp3) is 0.333. The van der Waals surface area contributed by atoms with Crippen LogP contribution in [-0.2, 0) is 0 Å². The SMILES string of the molecule is CCOc1c(C)cccc1NN. The zero-order chi connectivity index (χ0) is 8.97. The summed E-state index contributed by atoms with van der Waals surface area (Å²) in [6.07, 6.45) is 0. The first-order valence-electron chi connectivity index (χ1n) is 3.98. The predicted molar refractivity (Wildman–Crippen MR) is 50.2 cm³/mol. The largest absolute Gasteiger partial charge is 0.491 e. The van der Waals surface area contributed by atoms with Crippen molar-refractivity contribution in [2.45, 2.75) is 13.8 Å². The van der Waals surface area contributed by atoms with Crippen LogP contribution in [0, 0.1) is 6.92 Å². The maximum Gasteiger partial charge on any atom is 0.146 e. The lowest BCUT2D eigenvalue weighted by Gasteiger charge is -2.11. The number of nitrogens with two attached hydrogens (primary N) is 1. The molecule has 1 rings (SSSR count). The minimum Gasteiger partial charge on any atom is -0.491 e. The molecule has 0 aliphatic heterocycles. The van der Waals surface area contributed by atoms with Crippen molar-refractivity contribution in [1.82, 2.24) is 0 Å². The van der Waals surface area contributed by atoms with Gasteiger partial charge in [-0.2, -0.15) is 0 Å². The molecule has 0 aliphatic rings. The van der Waals surface area contributed by atoms with Crippen LogP contribution in [0.15, 0.2) is 18.2 Å². The van der Waals surface area contributed by atoms with Crippen molar-refractivity contribution in [2.24, 2.45) is 5.84 Å². The molecule has 0 saturated heterocycles. The molecule has 0 saturated carbocycles. The van der Waals surface area contributed by atoms with Crippen LogP contribution in [0.2, 0.25) is 0 Å². The molecule has 1 aromatic rings. The zero-order valence-electron chi connectivity index (χ0n) is 7.42. The van der Waals surface area contributed by atoms with Gasteiger partial charge in [-0.25, -0.2) is 0 Å². The van der Waals surface area contributed by atoms with Crippen LogP contribution in [-0.4, -0.2) is 6.61 Å². The molecule has 0 bridgehead atoms. The highest BCUT2D eigenvalue weighted by Gasteiger charge is 2.03. The molecule has 0 unspecified atom stereocenters. The predicted octanol–water partition coefficient (Wildman–Crippen LogP) is 1.68. The van der Waals surface area contributed by atoms with E-state index in [1.54, 1.807) is 0 Å². The minimum absolute atomic E-state index is 0.652. The number of hydrogen-bond acceptors (Lipinski definition) is 3. The molecule has 3 nitrogen and oxygen atoms in total. The Labute approximate surface area is 72.5 Å². The van der Waals surface area contributed by atoms with E-state index in [0.29, 0.717) is 6.61 Å². The quantitative estimate of drug-likeness (QED) is 0.530. The Morgan fingerprint density at radius 3 is 2.83 bits per heavy atom. The Balaban J connectivity index is 3.02. The summed E-state index contributed by atoms with van der Waals surface area (Å²) >= 11 is 0. The molecule has 0 fully saturated rings. The summed E-state index contributed by atoms with van der Waals surface area (Å²) < 4.78 is 5.42. The normalized spacial score (nSPS) is 9.58. The second kappa shape index (κ2) is 3.97. The number of nitrogens with one attached hydrogen (secondary N) is 1. The smallest absolute Gasteiger partial charge is 0.146 e. The summed E-state index contributed by atoms with van der Waals surface area (Å²) in [7, 11) is 0. The Bertz CT molecular complexity index is 261. The third kappa shape index (κ3) is 1.68. The number of nitrogen functional groups attached to an aromatic ring is 1. The molecule has 3 N–H and O–H groups in total. The van der Waals surface area contributed by atoms with Gasteiger partial charge in [0.2, 0.25) is 0 Å². The van der Waals surface area contributed by atoms with Gasteiger partial charge in [-0.15, -0.1) is 0 Å². The summed E-state index contributed by atoms with van der Waals surface area (Å²) in [5.74, 6) is 6.16. The lowest BCUT2D eigenvalue weighted by molar-refractivity contribution is 0.339. The van der Waals surface area contributed by atoms with Crippen LogP contribution in [0.25, 0.3) is 0 Å². The molecule has 0 heterocycles. The standard InChI is InChI=1S/C9H14N2O/c1-3-12-9-7(2)5-4-6-8(9)11-10/h4-6,11H,3,10H2,1-2H3. The average Bonchev–Trinajstić information content (AvgIpc) is 2.09. The summed E-state index contributed by atoms with van der Waals surface area (Å²) in [5.41, 5.74) is 4.52. The molecule has 0 aliphatic carbocycles. The number of aryl methyl sites for hydroxylation is 1. The van der Waals surface area contributed by atoms with Gasteiger partial charge in [-0.1, -0.05) is 12.1 Å². The van der Waals surface area contributed by atoms with E-state index >= 15 is 0 Å². The summed E-state index contributed by atoms with van der Waals surface area (Å²) in [4.78, 5) is 0. The summed E-state index contributed by atoms with van der Waals surface area (Å²) in [6, 6.07) is 5.82. The first-order chi connectivity index (χ1) is 5.79. The van der Waals surface area contributed by atoms with E-state index in [2.05, 4.69) is 5.43 Å². The van der Waals surface area contributed by atoms with Crippen LogP contribution in [0.4, 0.5) is 5.69 Å². The van der Waals surface area contributed by atoms with Gasteiger partial charge in [0.05, 0.1) is 12.3 Å². The molecule has 0 spiro atoms. The molecule has 1 aromatic carbocycles. The second-order valence-corrected chi connectivity index (χ2v) is 2.53. The van der Waals surface area contributed by atoms with E-state index in [-0.39, 0.29) is 0 Å². The number of benzene rings is 1. The number of rotatable bonds is 3. The van der Waals surface area contributed by atoms with Crippen molar-refractivity contribution in [3.05, 3.63) is 23.8 Å². The maximum absolute atomic E-state index is 5.42. The number of para-hydroxylation sites is 1. The van der Waals surface area contributed by atoms with Gasteiger partial charge in [0, 0.05) is 0 Å². The lowest BCUT2D eigenvalue weighted by Crippen LogP contribution is -2.09. The highest BCUT2D eigenvalue weighted by atomic mass is 16.5. The molecule has 66 valence electrons. The van der Waals surface area contributed by atoms with Crippen molar-refractivity contribution in [3.8, 4) is 5.75 Å². The molecule has 0 atom stereocenters. The van der Waals surface area contributed by atoms with Crippen molar-refractivity contribution in [1.29, 1.82) is 0 Å². The average molecular weight is 166 g/mol. The highest BCUT2D eigenvalue weighted by molar-refractivity contribution is 5.59. The van der Waals surface area contributed by atoms with Crippen LogP contribution >= 0.6 is 0 Å². The Kier molecular flexibility index (Phi) is 2.94. The van der Waals surface area contributed by atoms with Crippen molar-refractivity contribution < 1.29 is 4.74 Å². The van der Waals surface area contributed by atoms with E-state index in [4.69, 9.17) is 10.6 Å². The molecular weight excluding hydrogens is 152 g/mol. The molecule has 0 radical (unpaired) electrons. The Morgan fingerprint density at radius 2 is 2.25 bits per heavy atom. The van der Waals surface area contributed by atoms with E-state index in [1.165, 1.54) is 0 Å². The number of ether oxygens (including phenoxy) is 1. The third-order valence-electron chi connectivity index (χ3n) is 1.66. The van der Waals surface area contributed by atoms with Crippen LogP contribution in [0.5, 0.6) is 5.75 Å². The zero-order valence-corrected chi connectivity index (χ0v) is 7.42. The Morgan fingerprint density at radius 1 is 1.50 bits per heavy atom. The number of hydrazine groups is 1. The first-order valence-corrected chi connectivity index (χ1v) is 3.98. The van der Waals surface area contributed by atoms with Crippen molar-refractivity contribution >= 4 is 5.69 Å². The lowest BCUT2D eigenvalue weighted by atomic mass is 10.2. The Hall–Kier alpha value is -1.22. The van der Waals surface area contributed by atoms with Gasteiger partial charge in [0.25, 0.3) is 0 Å². The van der Waals surface area contributed by atoms with Gasteiger partial charge in [0.15, 0.2) is 0 Å².